The lowest BCUT2D eigenvalue weighted by atomic mass is 9.76. The van der Waals surface area contributed by atoms with Crippen molar-refractivity contribution in [1.29, 1.82) is 0 Å². The van der Waals surface area contributed by atoms with Crippen LogP contribution in [0.3, 0.4) is 0 Å². The molecule has 4 heteroatoms. The highest BCUT2D eigenvalue weighted by atomic mass is 16.5. The van der Waals surface area contributed by atoms with Gasteiger partial charge >= 0.3 is 0 Å². The number of aromatic nitrogens is 1. The Morgan fingerprint density at radius 3 is 1.75 bits per heavy atom. The summed E-state index contributed by atoms with van der Waals surface area (Å²) in [5.74, 6) is 0.893. The zero-order valence-electron chi connectivity index (χ0n) is 21.5. The van der Waals surface area contributed by atoms with E-state index in [2.05, 4.69) is 147 Å². The lowest BCUT2D eigenvalue weighted by Crippen LogP contribution is -2.38. The lowest BCUT2D eigenvalue weighted by molar-refractivity contribution is 0.153. The third kappa shape index (κ3) is 3.14. The van der Waals surface area contributed by atoms with Crippen LogP contribution in [0.1, 0.15) is 16.7 Å². The Hall–Kier alpha value is -4.18. The number of aryl methyl sites for hydroxylation is 1. The van der Waals surface area contributed by atoms with Gasteiger partial charge in [-0.15, -0.1) is 0 Å². The van der Waals surface area contributed by atoms with E-state index in [0.717, 1.165) is 33.8 Å². The Balaban J connectivity index is 1.74. The molecule has 180 valence electrons. The molecule has 0 fully saturated rings. The Bertz CT molecular complexity index is 1510. The molecule has 1 aliphatic heterocycles. The summed E-state index contributed by atoms with van der Waals surface area (Å²) in [6.45, 7) is 0. The number of nitrogens with zero attached hydrogens (tertiary/aromatic N) is 3. The molecule has 6 rings (SSSR count). The van der Waals surface area contributed by atoms with Gasteiger partial charge in [-0.05, 0) is 42.5 Å². The highest BCUT2D eigenvalue weighted by Gasteiger charge is 2.47. The van der Waals surface area contributed by atoms with Crippen LogP contribution >= 0.6 is 0 Å². The quantitative estimate of drug-likeness (QED) is 0.291. The van der Waals surface area contributed by atoms with E-state index in [-0.39, 0.29) is 0 Å². The highest BCUT2D eigenvalue weighted by molar-refractivity contribution is 5.96. The molecule has 1 aromatic heterocycles. The average Bonchev–Trinajstić information content (AvgIpc) is 3.21. The van der Waals surface area contributed by atoms with Crippen LogP contribution in [0, 0.1) is 0 Å². The molecule has 2 heterocycles. The van der Waals surface area contributed by atoms with Gasteiger partial charge in [0.05, 0.1) is 5.69 Å². The van der Waals surface area contributed by atoms with E-state index in [9.17, 15) is 0 Å². The van der Waals surface area contributed by atoms with Gasteiger partial charge in [-0.25, -0.2) is 0 Å². The van der Waals surface area contributed by atoms with Crippen LogP contribution in [0.5, 0.6) is 5.75 Å². The summed E-state index contributed by atoms with van der Waals surface area (Å²) in [6, 6.07) is 34.7. The normalized spacial score (nSPS) is 13.6. The zero-order valence-corrected chi connectivity index (χ0v) is 21.5. The van der Waals surface area contributed by atoms with Crippen molar-refractivity contribution in [1.82, 2.24) is 4.57 Å². The summed E-state index contributed by atoms with van der Waals surface area (Å²) in [5, 5.41) is 1.21. The maximum Gasteiger partial charge on any atom is 0.187 e. The van der Waals surface area contributed by atoms with Crippen molar-refractivity contribution < 1.29 is 4.74 Å². The Morgan fingerprint density at radius 2 is 1.17 bits per heavy atom. The summed E-state index contributed by atoms with van der Waals surface area (Å²) < 4.78 is 9.52. The molecule has 0 bridgehead atoms. The summed E-state index contributed by atoms with van der Waals surface area (Å²) in [4.78, 5) is 4.26. The number of anilines is 2. The van der Waals surface area contributed by atoms with Crippen molar-refractivity contribution in [3.05, 3.63) is 114 Å². The second-order valence-electron chi connectivity index (χ2n) is 9.96. The number of hydrogen-bond acceptors (Lipinski definition) is 3. The monoisotopic (exact) mass is 473 g/mol. The summed E-state index contributed by atoms with van der Waals surface area (Å²) in [6.07, 6.45) is 0. The lowest BCUT2D eigenvalue weighted by Gasteiger charge is -2.40. The maximum atomic E-state index is 7.20. The fourth-order valence-electron chi connectivity index (χ4n) is 5.59. The minimum absolute atomic E-state index is 0.805. The van der Waals surface area contributed by atoms with E-state index in [1.54, 1.807) is 0 Å². The molecule has 0 saturated heterocycles. The molecule has 4 aromatic carbocycles. The van der Waals surface area contributed by atoms with Crippen molar-refractivity contribution in [3.63, 3.8) is 0 Å². The topological polar surface area (TPSA) is 20.6 Å². The van der Waals surface area contributed by atoms with Crippen LogP contribution in [-0.4, -0.2) is 32.8 Å². The first kappa shape index (κ1) is 22.3. The van der Waals surface area contributed by atoms with E-state index in [1.165, 1.54) is 22.2 Å². The van der Waals surface area contributed by atoms with Gasteiger partial charge in [-0.2, -0.15) is 0 Å². The maximum absolute atomic E-state index is 7.20. The molecule has 0 aliphatic carbocycles. The van der Waals surface area contributed by atoms with Crippen molar-refractivity contribution in [2.45, 2.75) is 5.60 Å². The van der Waals surface area contributed by atoms with Gasteiger partial charge in [0.15, 0.2) is 5.60 Å². The first-order valence-corrected chi connectivity index (χ1v) is 12.3. The largest absolute Gasteiger partial charge is 0.472 e. The third-order valence-corrected chi connectivity index (χ3v) is 7.44. The van der Waals surface area contributed by atoms with E-state index >= 15 is 0 Å². The van der Waals surface area contributed by atoms with Crippen LogP contribution in [-0.2, 0) is 12.6 Å². The fraction of sp³-hybridized carbons (Fsp3) is 0.188. The van der Waals surface area contributed by atoms with Crippen molar-refractivity contribution in [2.24, 2.45) is 7.05 Å². The predicted molar refractivity (Wildman–Crippen MR) is 150 cm³/mol. The second kappa shape index (κ2) is 8.20. The molecule has 0 spiro atoms. The smallest absolute Gasteiger partial charge is 0.187 e. The van der Waals surface area contributed by atoms with Gasteiger partial charge in [-0.1, -0.05) is 54.6 Å². The molecule has 5 aromatic rings. The number of benzene rings is 4. The van der Waals surface area contributed by atoms with Gasteiger partial charge in [0, 0.05) is 79.8 Å². The minimum Gasteiger partial charge on any atom is -0.472 e. The van der Waals surface area contributed by atoms with Gasteiger partial charge in [0.25, 0.3) is 0 Å². The predicted octanol–water partition coefficient (Wildman–Crippen LogP) is 6.66. The Kier molecular flexibility index (Phi) is 5.08. The van der Waals surface area contributed by atoms with Crippen LogP contribution < -0.4 is 14.5 Å². The number of fused-ring (bicyclic) bond motifs is 5. The first-order chi connectivity index (χ1) is 17.4. The minimum atomic E-state index is -0.805. The molecule has 0 saturated carbocycles. The molecular weight excluding hydrogens is 442 g/mol. The first-order valence-electron chi connectivity index (χ1n) is 12.3. The number of ether oxygens (including phenoxy) is 1. The summed E-state index contributed by atoms with van der Waals surface area (Å²) >= 11 is 0. The molecule has 0 radical (unpaired) electrons. The van der Waals surface area contributed by atoms with E-state index in [0.29, 0.717) is 0 Å². The number of rotatable bonds is 4. The molecule has 0 N–H and O–H groups in total. The molecule has 0 amide bonds. The third-order valence-electron chi connectivity index (χ3n) is 7.44. The van der Waals surface area contributed by atoms with Crippen LogP contribution in [0.25, 0.3) is 22.2 Å². The molecule has 0 atom stereocenters. The molecule has 0 unspecified atom stereocenters. The summed E-state index contributed by atoms with van der Waals surface area (Å²) in [7, 11) is 10.4. The van der Waals surface area contributed by atoms with E-state index < -0.39 is 5.60 Å². The van der Waals surface area contributed by atoms with Crippen LogP contribution in [0.15, 0.2) is 97.1 Å². The van der Waals surface area contributed by atoms with Crippen molar-refractivity contribution in [3.8, 4) is 17.0 Å². The van der Waals surface area contributed by atoms with Crippen LogP contribution in [0.2, 0.25) is 0 Å². The highest BCUT2D eigenvalue weighted by Crippen LogP contribution is 2.54. The van der Waals surface area contributed by atoms with E-state index in [4.69, 9.17) is 4.74 Å². The van der Waals surface area contributed by atoms with Crippen molar-refractivity contribution in [2.75, 3.05) is 38.0 Å². The van der Waals surface area contributed by atoms with Crippen molar-refractivity contribution >= 4 is 22.3 Å². The Morgan fingerprint density at radius 1 is 0.639 bits per heavy atom. The Labute approximate surface area is 213 Å². The second-order valence-corrected chi connectivity index (χ2v) is 9.96. The number of para-hydroxylation sites is 2. The van der Waals surface area contributed by atoms with Gasteiger partial charge in [0.1, 0.15) is 5.75 Å². The average molecular weight is 474 g/mol. The standard InChI is InChI=1S/C32H31N3O/c1-33(2)24-18-14-22(15-19-24)32(23-16-20-25(21-17-23)34(3)4)30-26-10-6-8-12-28(26)35(5)31(30)27-11-7-9-13-29(27)36-32/h6-21H,1-5H3. The van der Waals surface area contributed by atoms with E-state index in [1.807, 2.05) is 0 Å². The van der Waals surface area contributed by atoms with Gasteiger partial charge in [0.2, 0.25) is 0 Å². The SMILES string of the molecule is CN(C)c1ccc(C2(c3ccc(N(C)C)cc3)Oc3ccccc3-c3c2c2ccccc2n3C)cc1. The molecular formula is C32H31N3O. The molecule has 4 nitrogen and oxygen atoms in total. The van der Waals surface area contributed by atoms with Crippen LogP contribution in [0.4, 0.5) is 11.4 Å². The fourth-order valence-corrected chi connectivity index (χ4v) is 5.59. The molecule has 1 aliphatic rings. The zero-order chi connectivity index (χ0) is 25.0. The summed E-state index contributed by atoms with van der Waals surface area (Å²) in [5.41, 5.74) is 8.44. The number of hydrogen-bond donors (Lipinski definition) is 0. The van der Waals surface area contributed by atoms with Gasteiger partial charge < -0.3 is 19.1 Å². The molecule has 36 heavy (non-hydrogen) atoms. The van der Waals surface area contributed by atoms with Gasteiger partial charge in [-0.3, -0.25) is 0 Å².